The fourth-order valence-corrected chi connectivity index (χ4v) is 3.12. The number of carbonyl (C=O) groups is 1. The molecule has 1 aromatic carbocycles. The van der Waals surface area contributed by atoms with E-state index in [0.29, 0.717) is 16.9 Å². The van der Waals surface area contributed by atoms with Gasteiger partial charge in [0.15, 0.2) is 0 Å². The number of benzene rings is 1. The highest BCUT2D eigenvalue weighted by Crippen LogP contribution is 2.25. The number of ether oxygens (including phenoxy) is 1. The van der Waals surface area contributed by atoms with Gasteiger partial charge < -0.3 is 19.7 Å². The van der Waals surface area contributed by atoms with E-state index in [9.17, 15) is 14.3 Å². The number of aliphatic hydroxyl groups is 1. The second kappa shape index (κ2) is 8.26. The Balaban J connectivity index is 1.51. The van der Waals surface area contributed by atoms with Crippen LogP contribution in [0.25, 0.3) is 11.4 Å². The van der Waals surface area contributed by atoms with E-state index in [4.69, 9.17) is 9.26 Å². The first-order valence-corrected chi connectivity index (χ1v) is 9.67. The maximum Gasteiger partial charge on any atom is 0.416 e. The standard InChI is InChI=1S/C20H21FN6O4/c1-10-4-5-13(8-14(10)21)17-25-18(31-26-17)11(2)23-19-22-7-6-16(24-19)27-15(12(3)28)9-30-20(27)29/h4-8,11-12,15,28H,9H2,1-3H3,(H,22,23,24)/t11-,12+,15?/m0/s1. The van der Waals surface area contributed by atoms with Gasteiger partial charge in [-0.05, 0) is 38.5 Å². The summed E-state index contributed by atoms with van der Waals surface area (Å²) in [5, 5.41) is 16.9. The van der Waals surface area contributed by atoms with Crippen LogP contribution in [0.5, 0.6) is 0 Å². The molecule has 3 heterocycles. The largest absolute Gasteiger partial charge is 0.447 e. The van der Waals surface area contributed by atoms with E-state index < -0.39 is 24.3 Å². The first-order chi connectivity index (χ1) is 14.8. The van der Waals surface area contributed by atoms with E-state index in [1.165, 1.54) is 17.2 Å². The van der Waals surface area contributed by atoms with Crippen molar-refractivity contribution in [2.75, 3.05) is 16.8 Å². The van der Waals surface area contributed by atoms with Crippen LogP contribution in [0.3, 0.4) is 0 Å². The maximum absolute atomic E-state index is 13.8. The molecule has 1 fully saturated rings. The summed E-state index contributed by atoms with van der Waals surface area (Å²) in [6.07, 6.45) is 0.104. The minimum atomic E-state index is -0.792. The van der Waals surface area contributed by atoms with Crippen molar-refractivity contribution in [3.63, 3.8) is 0 Å². The summed E-state index contributed by atoms with van der Waals surface area (Å²) in [5.41, 5.74) is 1.03. The van der Waals surface area contributed by atoms with Gasteiger partial charge in [0.05, 0.1) is 6.10 Å². The molecular formula is C20H21FN6O4. The number of nitrogens with one attached hydrogen (secondary N) is 1. The highest BCUT2D eigenvalue weighted by molar-refractivity contribution is 5.89. The van der Waals surface area contributed by atoms with E-state index in [0.717, 1.165) is 0 Å². The lowest BCUT2D eigenvalue weighted by molar-refractivity contribution is 0.142. The van der Waals surface area contributed by atoms with Gasteiger partial charge in [-0.2, -0.15) is 9.97 Å². The third-order valence-electron chi connectivity index (χ3n) is 4.94. The Bertz CT molecular complexity index is 1100. The smallest absolute Gasteiger partial charge is 0.416 e. The molecule has 11 heteroatoms. The van der Waals surface area contributed by atoms with Crippen LogP contribution in [0.4, 0.5) is 21.0 Å². The topological polar surface area (TPSA) is 127 Å². The number of carbonyl (C=O) groups excluding carboxylic acids is 1. The van der Waals surface area contributed by atoms with Crippen molar-refractivity contribution in [3.05, 3.63) is 47.7 Å². The number of cyclic esters (lactones) is 1. The molecule has 0 aliphatic carbocycles. The van der Waals surface area contributed by atoms with Crippen molar-refractivity contribution in [2.24, 2.45) is 0 Å². The molecule has 162 valence electrons. The number of hydrogen-bond donors (Lipinski definition) is 2. The van der Waals surface area contributed by atoms with Crippen LogP contribution in [-0.4, -0.2) is 50.1 Å². The predicted octanol–water partition coefficient (Wildman–Crippen LogP) is 2.85. The number of amides is 1. The summed E-state index contributed by atoms with van der Waals surface area (Å²) in [6.45, 7) is 5.09. The zero-order valence-corrected chi connectivity index (χ0v) is 17.1. The van der Waals surface area contributed by atoms with Crippen LogP contribution < -0.4 is 10.2 Å². The fraction of sp³-hybridized carbons (Fsp3) is 0.350. The molecule has 0 bridgehead atoms. The number of aryl methyl sites for hydroxylation is 1. The summed E-state index contributed by atoms with van der Waals surface area (Å²) in [5.74, 6) is 0.676. The summed E-state index contributed by atoms with van der Waals surface area (Å²) < 4.78 is 24.2. The number of aliphatic hydroxyl groups excluding tert-OH is 1. The van der Waals surface area contributed by atoms with Crippen molar-refractivity contribution in [1.29, 1.82) is 0 Å². The van der Waals surface area contributed by atoms with Crippen LogP contribution >= 0.6 is 0 Å². The van der Waals surface area contributed by atoms with Gasteiger partial charge in [-0.3, -0.25) is 4.90 Å². The lowest BCUT2D eigenvalue weighted by Crippen LogP contribution is -2.41. The van der Waals surface area contributed by atoms with Crippen molar-refractivity contribution in [1.82, 2.24) is 20.1 Å². The minimum absolute atomic E-state index is 0.0734. The van der Waals surface area contributed by atoms with Gasteiger partial charge in [0.2, 0.25) is 17.7 Å². The molecule has 1 aliphatic heterocycles. The molecule has 10 nitrogen and oxygen atoms in total. The molecule has 3 atom stereocenters. The number of anilines is 2. The first kappa shape index (κ1) is 20.7. The van der Waals surface area contributed by atoms with Gasteiger partial charge in [-0.15, -0.1) is 0 Å². The van der Waals surface area contributed by atoms with Crippen molar-refractivity contribution in [3.8, 4) is 11.4 Å². The van der Waals surface area contributed by atoms with Crippen LogP contribution in [0.15, 0.2) is 35.0 Å². The average molecular weight is 428 g/mol. The Morgan fingerprint density at radius 2 is 2.10 bits per heavy atom. The molecular weight excluding hydrogens is 407 g/mol. The van der Waals surface area contributed by atoms with Gasteiger partial charge in [0.25, 0.3) is 0 Å². The molecule has 1 unspecified atom stereocenters. The van der Waals surface area contributed by atoms with Gasteiger partial charge in [0, 0.05) is 11.8 Å². The SMILES string of the molecule is Cc1ccc(-c2noc([C@H](C)Nc3nccc(N4C(=O)OCC4[C@@H](C)O)n3)n2)cc1F. The predicted molar refractivity (Wildman–Crippen MR) is 108 cm³/mol. The Morgan fingerprint density at radius 1 is 1.29 bits per heavy atom. The molecule has 0 spiro atoms. The van der Waals surface area contributed by atoms with E-state index in [1.807, 2.05) is 0 Å². The molecule has 1 saturated heterocycles. The van der Waals surface area contributed by atoms with Crippen LogP contribution in [0.2, 0.25) is 0 Å². The van der Waals surface area contributed by atoms with Gasteiger partial charge in [-0.25, -0.2) is 14.2 Å². The Kier molecular flexibility index (Phi) is 5.51. The Labute approximate surface area is 177 Å². The number of rotatable bonds is 6. The van der Waals surface area contributed by atoms with Gasteiger partial charge >= 0.3 is 6.09 Å². The number of halogens is 1. The van der Waals surface area contributed by atoms with E-state index in [1.54, 1.807) is 39.0 Å². The molecule has 1 amide bonds. The fourth-order valence-electron chi connectivity index (χ4n) is 3.12. The second-order valence-electron chi connectivity index (χ2n) is 7.28. The molecule has 0 saturated carbocycles. The molecule has 1 aliphatic rings. The first-order valence-electron chi connectivity index (χ1n) is 9.67. The average Bonchev–Trinajstić information content (AvgIpc) is 3.37. The van der Waals surface area contributed by atoms with Crippen molar-refractivity contribution < 1.29 is 23.6 Å². The highest BCUT2D eigenvalue weighted by Gasteiger charge is 2.38. The molecule has 31 heavy (non-hydrogen) atoms. The van der Waals surface area contributed by atoms with E-state index in [2.05, 4.69) is 25.4 Å². The lowest BCUT2D eigenvalue weighted by Gasteiger charge is -2.22. The summed E-state index contributed by atoms with van der Waals surface area (Å²) in [4.78, 5) is 26.2. The van der Waals surface area contributed by atoms with E-state index >= 15 is 0 Å². The molecule has 0 radical (unpaired) electrons. The highest BCUT2D eigenvalue weighted by atomic mass is 19.1. The molecule has 4 rings (SSSR count). The van der Waals surface area contributed by atoms with Crippen LogP contribution in [0, 0.1) is 12.7 Å². The quantitative estimate of drug-likeness (QED) is 0.609. The summed E-state index contributed by atoms with van der Waals surface area (Å²) in [6, 6.07) is 5.25. The monoisotopic (exact) mass is 428 g/mol. The zero-order valence-electron chi connectivity index (χ0n) is 17.1. The van der Waals surface area contributed by atoms with Crippen LogP contribution in [-0.2, 0) is 4.74 Å². The summed E-state index contributed by atoms with van der Waals surface area (Å²) in [7, 11) is 0. The van der Waals surface area contributed by atoms with Crippen molar-refractivity contribution in [2.45, 2.75) is 39.0 Å². The van der Waals surface area contributed by atoms with Crippen LogP contribution in [0.1, 0.15) is 31.3 Å². The second-order valence-corrected chi connectivity index (χ2v) is 7.28. The lowest BCUT2D eigenvalue weighted by atomic mass is 10.1. The van der Waals surface area contributed by atoms with Gasteiger partial charge in [0.1, 0.15) is 30.3 Å². The zero-order chi connectivity index (χ0) is 22.1. The minimum Gasteiger partial charge on any atom is -0.447 e. The molecule has 2 aromatic heterocycles. The number of nitrogens with zero attached hydrogens (tertiary/aromatic N) is 5. The van der Waals surface area contributed by atoms with Crippen molar-refractivity contribution >= 4 is 17.9 Å². The molecule has 2 N–H and O–H groups in total. The Hall–Kier alpha value is -3.60. The normalized spacial score (nSPS) is 18.0. The Morgan fingerprint density at radius 3 is 2.84 bits per heavy atom. The maximum atomic E-state index is 13.8. The number of hydrogen-bond acceptors (Lipinski definition) is 9. The summed E-state index contributed by atoms with van der Waals surface area (Å²) >= 11 is 0. The van der Waals surface area contributed by atoms with Gasteiger partial charge in [-0.1, -0.05) is 17.3 Å². The third-order valence-corrected chi connectivity index (χ3v) is 4.94. The van der Waals surface area contributed by atoms with E-state index in [-0.39, 0.29) is 30.1 Å². The third kappa shape index (κ3) is 4.17. The molecule has 3 aromatic rings. The number of aromatic nitrogens is 4.